The first-order chi connectivity index (χ1) is 7.88. The first-order valence-electron chi connectivity index (χ1n) is 4.84. The zero-order valence-electron chi connectivity index (χ0n) is 9.41. The topological polar surface area (TPSA) is 61.3 Å². The van der Waals surface area contributed by atoms with Crippen LogP contribution in [-0.4, -0.2) is 42.3 Å². The number of nitrogens with zero attached hydrogens (tertiary/aromatic N) is 3. The van der Waals surface area contributed by atoms with E-state index in [-0.39, 0.29) is 24.9 Å². The van der Waals surface area contributed by atoms with E-state index in [0.717, 1.165) is 6.07 Å². The van der Waals surface area contributed by atoms with Gasteiger partial charge in [-0.2, -0.15) is 18.2 Å². The van der Waals surface area contributed by atoms with E-state index < -0.39 is 11.9 Å². The number of aromatic nitrogens is 2. The maximum absolute atomic E-state index is 12.5. The van der Waals surface area contributed by atoms with E-state index in [1.165, 1.54) is 19.0 Å². The summed E-state index contributed by atoms with van der Waals surface area (Å²) in [6, 6.07) is 0.844. The van der Waals surface area contributed by atoms with Gasteiger partial charge in [-0.15, -0.1) is 0 Å². The molecule has 0 aliphatic rings. The molecule has 96 valence electrons. The minimum absolute atomic E-state index is 0.103. The molecule has 1 aromatic heterocycles. The Morgan fingerprint density at radius 2 is 2.06 bits per heavy atom. The summed E-state index contributed by atoms with van der Waals surface area (Å²) >= 11 is 0. The van der Waals surface area contributed by atoms with Crippen LogP contribution in [0.25, 0.3) is 0 Å². The highest BCUT2D eigenvalue weighted by Gasteiger charge is 2.34. The van der Waals surface area contributed by atoms with Crippen LogP contribution in [0.2, 0.25) is 0 Å². The van der Waals surface area contributed by atoms with Crippen molar-refractivity contribution in [2.45, 2.75) is 6.18 Å². The monoisotopic (exact) mass is 250 g/mol. The molecule has 17 heavy (non-hydrogen) atoms. The SMILES string of the molecule is CNc1nc(N(C)CCO)cc(C(F)(F)F)n1. The Kier molecular flexibility index (Phi) is 4.11. The van der Waals surface area contributed by atoms with Crippen molar-refractivity contribution in [1.82, 2.24) is 9.97 Å². The summed E-state index contributed by atoms with van der Waals surface area (Å²) in [5.41, 5.74) is -1.02. The summed E-state index contributed by atoms with van der Waals surface area (Å²) in [6.07, 6.45) is -4.52. The molecule has 1 rings (SSSR count). The average molecular weight is 250 g/mol. The molecule has 1 aromatic rings. The highest BCUT2D eigenvalue weighted by Crippen LogP contribution is 2.30. The Bertz CT molecular complexity index is 383. The van der Waals surface area contributed by atoms with Gasteiger partial charge in [0, 0.05) is 26.7 Å². The fourth-order valence-corrected chi connectivity index (χ4v) is 1.15. The molecule has 8 heteroatoms. The lowest BCUT2D eigenvalue weighted by atomic mass is 10.3. The van der Waals surface area contributed by atoms with Gasteiger partial charge in [-0.05, 0) is 0 Å². The minimum atomic E-state index is -4.52. The molecular weight excluding hydrogens is 237 g/mol. The number of hydrogen-bond acceptors (Lipinski definition) is 5. The largest absolute Gasteiger partial charge is 0.433 e. The molecule has 0 aliphatic heterocycles. The molecule has 0 saturated heterocycles. The summed E-state index contributed by atoms with van der Waals surface area (Å²) in [7, 11) is 2.98. The van der Waals surface area contributed by atoms with Crippen LogP contribution >= 0.6 is 0 Å². The fraction of sp³-hybridized carbons (Fsp3) is 0.556. The molecule has 0 aliphatic carbocycles. The van der Waals surface area contributed by atoms with Gasteiger partial charge in [0.25, 0.3) is 0 Å². The zero-order chi connectivity index (χ0) is 13.1. The lowest BCUT2D eigenvalue weighted by molar-refractivity contribution is -0.141. The lowest BCUT2D eigenvalue weighted by Gasteiger charge is -2.18. The van der Waals surface area contributed by atoms with Crippen LogP contribution in [-0.2, 0) is 6.18 Å². The minimum Gasteiger partial charge on any atom is -0.395 e. The standard InChI is InChI=1S/C9H13F3N4O/c1-13-8-14-6(9(10,11)12)5-7(15-8)16(2)3-4-17/h5,17H,3-4H2,1-2H3,(H,13,14,15). The maximum atomic E-state index is 12.5. The smallest absolute Gasteiger partial charge is 0.395 e. The normalized spacial score (nSPS) is 11.4. The van der Waals surface area contributed by atoms with Crippen molar-refractivity contribution in [3.05, 3.63) is 11.8 Å². The maximum Gasteiger partial charge on any atom is 0.433 e. The number of rotatable bonds is 4. The Morgan fingerprint density at radius 3 is 2.53 bits per heavy atom. The van der Waals surface area contributed by atoms with Crippen molar-refractivity contribution in [3.63, 3.8) is 0 Å². The average Bonchev–Trinajstić information content (AvgIpc) is 2.27. The van der Waals surface area contributed by atoms with Crippen LogP contribution in [0.4, 0.5) is 24.9 Å². The second kappa shape index (κ2) is 5.17. The van der Waals surface area contributed by atoms with Crippen LogP contribution in [0, 0.1) is 0 Å². The first kappa shape index (κ1) is 13.5. The summed E-state index contributed by atoms with van der Waals surface area (Å²) in [5, 5.41) is 11.2. The number of hydrogen-bond donors (Lipinski definition) is 2. The van der Waals surface area contributed by atoms with E-state index in [1.54, 1.807) is 0 Å². The van der Waals surface area contributed by atoms with Gasteiger partial charge < -0.3 is 15.3 Å². The third kappa shape index (κ3) is 3.45. The molecule has 0 amide bonds. The van der Waals surface area contributed by atoms with Crippen LogP contribution in [0.15, 0.2) is 6.07 Å². The van der Waals surface area contributed by atoms with Gasteiger partial charge >= 0.3 is 6.18 Å². The van der Waals surface area contributed by atoms with Gasteiger partial charge in [0.15, 0.2) is 5.69 Å². The molecular formula is C9H13F3N4O. The van der Waals surface area contributed by atoms with Crippen molar-refractivity contribution < 1.29 is 18.3 Å². The van der Waals surface area contributed by atoms with Gasteiger partial charge in [-0.1, -0.05) is 0 Å². The number of nitrogens with one attached hydrogen (secondary N) is 1. The Morgan fingerprint density at radius 1 is 1.41 bits per heavy atom. The molecule has 0 radical (unpaired) electrons. The Labute approximate surface area is 96.3 Å². The number of alkyl halides is 3. The summed E-state index contributed by atoms with van der Waals surface area (Å²) in [5.74, 6) is -0.00894. The molecule has 2 N–H and O–H groups in total. The van der Waals surface area contributed by atoms with Gasteiger partial charge in [-0.25, -0.2) is 4.98 Å². The third-order valence-corrected chi connectivity index (χ3v) is 2.05. The number of likely N-dealkylation sites (N-methyl/N-ethyl adjacent to an activating group) is 1. The highest BCUT2D eigenvalue weighted by molar-refractivity contribution is 5.44. The van der Waals surface area contributed by atoms with E-state index in [9.17, 15) is 13.2 Å². The number of aliphatic hydroxyl groups excluding tert-OH is 1. The highest BCUT2D eigenvalue weighted by atomic mass is 19.4. The molecule has 0 saturated carbocycles. The van der Waals surface area contributed by atoms with E-state index in [2.05, 4.69) is 15.3 Å². The summed E-state index contributed by atoms with van der Waals surface area (Å²) in [4.78, 5) is 8.62. The summed E-state index contributed by atoms with van der Waals surface area (Å²) < 4.78 is 37.6. The van der Waals surface area contributed by atoms with Crippen molar-refractivity contribution in [2.75, 3.05) is 37.5 Å². The van der Waals surface area contributed by atoms with Crippen LogP contribution < -0.4 is 10.2 Å². The van der Waals surface area contributed by atoms with E-state index in [0.29, 0.717) is 0 Å². The van der Waals surface area contributed by atoms with Gasteiger partial charge in [0.1, 0.15) is 5.82 Å². The quantitative estimate of drug-likeness (QED) is 0.833. The Balaban J connectivity index is 3.14. The van der Waals surface area contributed by atoms with Crippen molar-refractivity contribution >= 4 is 11.8 Å². The molecule has 0 aromatic carbocycles. The molecule has 0 bridgehead atoms. The molecule has 0 atom stereocenters. The number of halogens is 3. The molecule has 1 heterocycles. The summed E-state index contributed by atoms with van der Waals surface area (Å²) in [6.45, 7) is 0.0220. The van der Waals surface area contributed by atoms with Gasteiger partial charge in [-0.3, -0.25) is 0 Å². The van der Waals surface area contributed by atoms with Crippen molar-refractivity contribution in [2.24, 2.45) is 0 Å². The molecule has 0 unspecified atom stereocenters. The number of anilines is 2. The van der Waals surface area contributed by atoms with Crippen molar-refractivity contribution in [1.29, 1.82) is 0 Å². The molecule has 0 fully saturated rings. The predicted octanol–water partition coefficient (Wildman–Crippen LogP) is 0.966. The Hall–Kier alpha value is -1.57. The van der Waals surface area contributed by atoms with Crippen LogP contribution in [0.3, 0.4) is 0 Å². The molecule has 0 spiro atoms. The van der Waals surface area contributed by atoms with Crippen LogP contribution in [0.5, 0.6) is 0 Å². The fourth-order valence-electron chi connectivity index (χ4n) is 1.15. The van der Waals surface area contributed by atoms with Crippen molar-refractivity contribution in [3.8, 4) is 0 Å². The van der Waals surface area contributed by atoms with Gasteiger partial charge in [0.2, 0.25) is 5.95 Å². The van der Waals surface area contributed by atoms with E-state index in [1.807, 2.05) is 0 Å². The lowest BCUT2D eigenvalue weighted by Crippen LogP contribution is -2.24. The predicted molar refractivity (Wildman–Crippen MR) is 56.9 cm³/mol. The van der Waals surface area contributed by atoms with Gasteiger partial charge in [0.05, 0.1) is 6.61 Å². The second-order valence-corrected chi connectivity index (χ2v) is 3.33. The first-order valence-corrected chi connectivity index (χ1v) is 4.84. The zero-order valence-corrected chi connectivity index (χ0v) is 9.41. The van der Waals surface area contributed by atoms with E-state index in [4.69, 9.17) is 5.11 Å². The van der Waals surface area contributed by atoms with Crippen LogP contribution in [0.1, 0.15) is 5.69 Å². The van der Waals surface area contributed by atoms with E-state index >= 15 is 0 Å². The third-order valence-electron chi connectivity index (χ3n) is 2.05. The second-order valence-electron chi connectivity index (χ2n) is 3.33. The number of aliphatic hydroxyl groups is 1. The molecule has 5 nitrogen and oxygen atoms in total.